The zero-order valence-electron chi connectivity index (χ0n) is 26.9. The Bertz CT molecular complexity index is 1120. The van der Waals surface area contributed by atoms with Crippen molar-refractivity contribution in [2.75, 3.05) is 27.2 Å². The van der Waals surface area contributed by atoms with E-state index in [-0.39, 0.29) is 24.2 Å². The number of carbonyl (C=O) groups excluding carboxylic acids is 3. The van der Waals surface area contributed by atoms with Gasteiger partial charge in [-0.2, -0.15) is 0 Å². The van der Waals surface area contributed by atoms with Crippen molar-refractivity contribution in [3.63, 3.8) is 0 Å². The van der Waals surface area contributed by atoms with Gasteiger partial charge in [-0.3, -0.25) is 9.59 Å². The molecule has 0 aliphatic heterocycles. The zero-order valence-corrected chi connectivity index (χ0v) is 26.9. The molecule has 2 rings (SSSR count). The Labute approximate surface area is 257 Å². The van der Waals surface area contributed by atoms with Gasteiger partial charge in [-0.05, 0) is 84.1 Å². The summed E-state index contributed by atoms with van der Waals surface area (Å²) in [6.45, 7) is 10.5. The van der Waals surface area contributed by atoms with E-state index in [0.717, 1.165) is 24.1 Å². The molecule has 4 N–H and O–H groups in total. The number of nitrogens with zero attached hydrogens (tertiary/aromatic N) is 1. The van der Waals surface area contributed by atoms with Gasteiger partial charge < -0.3 is 30.7 Å². The summed E-state index contributed by atoms with van der Waals surface area (Å²) in [5.74, 6) is -1.34. The number of nitrogens with one attached hydrogen (secondary N) is 3. The molecule has 0 saturated heterocycles. The fourth-order valence-corrected chi connectivity index (χ4v) is 4.77. The average Bonchev–Trinajstić information content (AvgIpc) is 2.92. The maximum Gasteiger partial charge on any atom is 0.407 e. The Morgan fingerprint density at radius 1 is 0.860 bits per heavy atom. The van der Waals surface area contributed by atoms with Crippen LogP contribution in [0.1, 0.15) is 58.6 Å². The lowest BCUT2D eigenvalue weighted by Gasteiger charge is -2.30. The van der Waals surface area contributed by atoms with Crippen LogP contribution in [0, 0.1) is 11.8 Å². The summed E-state index contributed by atoms with van der Waals surface area (Å²) < 4.78 is 5.48. The van der Waals surface area contributed by atoms with E-state index in [9.17, 15) is 19.5 Å². The highest BCUT2D eigenvalue weighted by Crippen LogP contribution is 2.20. The van der Waals surface area contributed by atoms with E-state index in [4.69, 9.17) is 4.74 Å². The summed E-state index contributed by atoms with van der Waals surface area (Å²) in [6, 6.07) is 17.7. The fraction of sp³-hybridized carbons (Fsp3) is 0.559. The van der Waals surface area contributed by atoms with Crippen LogP contribution in [0.2, 0.25) is 0 Å². The molecule has 43 heavy (non-hydrogen) atoms. The summed E-state index contributed by atoms with van der Waals surface area (Å²) >= 11 is 0. The van der Waals surface area contributed by atoms with Gasteiger partial charge in [-0.1, -0.05) is 74.5 Å². The Balaban J connectivity index is 2.25. The van der Waals surface area contributed by atoms with Gasteiger partial charge in [-0.25, -0.2) is 4.79 Å². The highest BCUT2D eigenvalue weighted by molar-refractivity contribution is 5.88. The van der Waals surface area contributed by atoms with Crippen molar-refractivity contribution in [2.45, 2.75) is 84.1 Å². The number of aliphatic hydroxyl groups excluding tert-OH is 1. The van der Waals surface area contributed by atoms with Crippen LogP contribution in [0.5, 0.6) is 0 Å². The first kappa shape index (κ1) is 35.8. The lowest BCUT2D eigenvalue weighted by Crippen LogP contribution is -2.53. The molecule has 9 heteroatoms. The third-order valence-corrected chi connectivity index (χ3v) is 7.01. The summed E-state index contributed by atoms with van der Waals surface area (Å²) in [5.41, 5.74) is 1.15. The van der Waals surface area contributed by atoms with Crippen molar-refractivity contribution >= 4 is 17.9 Å². The van der Waals surface area contributed by atoms with Crippen LogP contribution in [0.15, 0.2) is 60.7 Å². The molecule has 3 amide bonds. The lowest BCUT2D eigenvalue weighted by atomic mass is 9.88. The topological polar surface area (TPSA) is 120 Å². The van der Waals surface area contributed by atoms with Crippen LogP contribution >= 0.6 is 0 Å². The van der Waals surface area contributed by atoms with Crippen molar-refractivity contribution in [3.8, 4) is 0 Å². The molecule has 4 atom stereocenters. The molecule has 0 fully saturated rings. The Hall–Kier alpha value is -3.43. The number of rotatable bonds is 16. The summed E-state index contributed by atoms with van der Waals surface area (Å²) in [7, 11) is 3.96. The van der Waals surface area contributed by atoms with Gasteiger partial charge in [0, 0.05) is 12.5 Å². The normalized spacial score (nSPS) is 14.5. The van der Waals surface area contributed by atoms with Gasteiger partial charge in [0.15, 0.2) is 0 Å². The van der Waals surface area contributed by atoms with E-state index in [1.54, 1.807) is 20.8 Å². The number of carbonyl (C=O) groups is 3. The van der Waals surface area contributed by atoms with Crippen LogP contribution in [0.25, 0.3) is 0 Å². The molecule has 2 aromatic carbocycles. The second-order valence-electron chi connectivity index (χ2n) is 12.8. The number of benzene rings is 2. The standard InChI is InChI=1S/C34H52N4O5/c1-24(2)30(32(41)35-19-14-20-38(6)7)37-31(40)27(21-25-15-10-8-11-16-25)23-29(39)28(22-26-17-12-9-13-18-26)36-33(42)43-34(3,4)5/h8-13,15-18,24,27-30,39H,14,19-23H2,1-7H3,(H,35,41)(H,36,42)(H,37,40)/t27-,28+,29+,30+/m1/s1. The third-order valence-electron chi connectivity index (χ3n) is 7.01. The molecule has 238 valence electrons. The number of aliphatic hydroxyl groups is 1. The van der Waals surface area contributed by atoms with E-state index in [1.165, 1.54) is 0 Å². The zero-order chi connectivity index (χ0) is 32.0. The number of ether oxygens (including phenoxy) is 1. The highest BCUT2D eigenvalue weighted by Gasteiger charge is 2.32. The molecule has 0 heterocycles. The minimum Gasteiger partial charge on any atom is -0.444 e. The van der Waals surface area contributed by atoms with Crippen molar-refractivity contribution in [1.29, 1.82) is 0 Å². The highest BCUT2D eigenvalue weighted by atomic mass is 16.6. The van der Waals surface area contributed by atoms with Gasteiger partial charge in [0.1, 0.15) is 11.6 Å². The molecule has 0 aliphatic carbocycles. The second-order valence-corrected chi connectivity index (χ2v) is 12.8. The van der Waals surface area contributed by atoms with E-state index in [2.05, 4.69) is 20.9 Å². The molecule has 0 bridgehead atoms. The largest absolute Gasteiger partial charge is 0.444 e. The first-order chi connectivity index (χ1) is 20.2. The molecular weight excluding hydrogens is 544 g/mol. The van der Waals surface area contributed by atoms with Gasteiger partial charge in [-0.15, -0.1) is 0 Å². The maximum absolute atomic E-state index is 13.8. The monoisotopic (exact) mass is 596 g/mol. The smallest absolute Gasteiger partial charge is 0.407 e. The van der Waals surface area contributed by atoms with E-state index >= 15 is 0 Å². The first-order valence-electron chi connectivity index (χ1n) is 15.2. The van der Waals surface area contributed by atoms with Crippen molar-refractivity contribution in [2.24, 2.45) is 11.8 Å². The summed E-state index contributed by atoms with van der Waals surface area (Å²) in [6.07, 6.45) is -0.113. The minimum absolute atomic E-state index is 0.0727. The van der Waals surface area contributed by atoms with Crippen molar-refractivity contribution in [1.82, 2.24) is 20.9 Å². The molecule has 0 unspecified atom stereocenters. The van der Waals surface area contributed by atoms with Gasteiger partial charge in [0.25, 0.3) is 0 Å². The first-order valence-corrected chi connectivity index (χ1v) is 15.2. The molecule has 0 spiro atoms. The molecule has 0 radical (unpaired) electrons. The third kappa shape index (κ3) is 14.1. The average molecular weight is 597 g/mol. The van der Waals surface area contributed by atoms with Crippen LogP contribution < -0.4 is 16.0 Å². The van der Waals surface area contributed by atoms with Crippen LogP contribution in [0.4, 0.5) is 4.79 Å². The number of amides is 3. The Kier molecular flexibility index (Phi) is 14.7. The molecule has 0 saturated carbocycles. The van der Waals surface area contributed by atoms with Crippen molar-refractivity contribution < 1.29 is 24.2 Å². The molecule has 2 aromatic rings. The van der Waals surface area contributed by atoms with Gasteiger partial charge in [0.05, 0.1) is 12.1 Å². The maximum atomic E-state index is 13.8. The van der Waals surface area contributed by atoms with E-state index in [0.29, 0.717) is 19.4 Å². The fourth-order valence-electron chi connectivity index (χ4n) is 4.77. The predicted molar refractivity (Wildman–Crippen MR) is 171 cm³/mol. The van der Waals surface area contributed by atoms with E-state index in [1.807, 2.05) is 88.6 Å². The number of alkyl carbamates (subject to hydrolysis) is 1. The molecule has 0 aliphatic rings. The molecule has 0 aromatic heterocycles. The molecule has 9 nitrogen and oxygen atoms in total. The van der Waals surface area contributed by atoms with E-state index < -0.39 is 35.8 Å². The minimum atomic E-state index is -1.07. The second kappa shape index (κ2) is 17.6. The summed E-state index contributed by atoms with van der Waals surface area (Å²) in [5, 5.41) is 20.3. The van der Waals surface area contributed by atoms with Crippen LogP contribution in [-0.2, 0) is 27.2 Å². The lowest BCUT2D eigenvalue weighted by molar-refractivity contribution is -0.132. The van der Waals surface area contributed by atoms with Crippen LogP contribution in [0.3, 0.4) is 0 Å². The SMILES string of the molecule is CC(C)[C@H](NC(=O)[C@H](Cc1ccccc1)C[C@H](O)[C@H](Cc1ccccc1)NC(=O)OC(C)(C)C)C(=O)NCCCN(C)C. The van der Waals surface area contributed by atoms with Crippen LogP contribution in [-0.4, -0.2) is 78.9 Å². The van der Waals surface area contributed by atoms with Gasteiger partial charge in [0.2, 0.25) is 11.8 Å². The predicted octanol–water partition coefficient (Wildman–Crippen LogP) is 3.94. The summed E-state index contributed by atoms with van der Waals surface area (Å²) in [4.78, 5) is 41.7. The number of hydrogen-bond donors (Lipinski definition) is 4. The molecular formula is C34H52N4O5. The Morgan fingerprint density at radius 2 is 1.42 bits per heavy atom. The van der Waals surface area contributed by atoms with Crippen molar-refractivity contribution in [3.05, 3.63) is 71.8 Å². The quantitative estimate of drug-likeness (QED) is 0.218. The number of hydrogen-bond acceptors (Lipinski definition) is 6. The van der Waals surface area contributed by atoms with Gasteiger partial charge >= 0.3 is 6.09 Å². The Morgan fingerprint density at radius 3 is 1.93 bits per heavy atom.